The molecule has 2 aromatic carbocycles. The van der Waals surface area contributed by atoms with Crippen molar-refractivity contribution in [1.29, 1.82) is 0 Å². The standard InChI is InChI=1S/C25H26ClN5O2/c26-19-9-4-5-10-22(19)30-15-13-29(14-16-30)11-6-12-31-24(32)23-21(28-25(31)33)17-20(27-23)18-7-2-1-3-8-18/h1-5,7-10,17,27H,6,11-16H2,(H,28,33). The lowest BCUT2D eigenvalue weighted by molar-refractivity contribution is 0.249. The van der Waals surface area contributed by atoms with Crippen LogP contribution < -0.4 is 16.1 Å². The number of nitrogens with zero attached hydrogens (tertiary/aromatic N) is 3. The number of para-hydroxylation sites is 1. The van der Waals surface area contributed by atoms with Crippen LogP contribution in [0.15, 0.2) is 70.3 Å². The highest BCUT2D eigenvalue weighted by atomic mass is 35.5. The van der Waals surface area contributed by atoms with Crippen LogP contribution in [-0.2, 0) is 6.54 Å². The Labute approximate surface area is 196 Å². The van der Waals surface area contributed by atoms with E-state index in [1.807, 2.05) is 54.6 Å². The number of H-pyrrole nitrogens is 2. The van der Waals surface area contributed by atoms with Gasteiger partial charge < -0.3 is 14.9 Å². The molecule has 4 aromatic rings. The Morgan fingerprint density at radius 2 is 1.58 bits per heavy atom. The van der Waals surface area contributed by atoms with Crippen molar-refractivity contribution < 1.29 is 0 Å². The molecule has 8 heteroatoms. The molecule has 5 rings (SSSR count). The molecule has 1 saturated heterocycles. The van der Waals surface area contributed by atoms with Crippen LogP contribution in [-0.4, -0.2) is 52.2 Å². The SMILES string of the molecule is O=c1[nH]c2cc(-c3ccccc3)[nH]c2c(=O)n1CCCN1CCN(c2ccccc2Cl)CC1. The van der Waals surface area contributed by atoms with Crippen molar-refractivity contribution in [1.82, 2.24) is 19.4 Å². The molecule has 0 unspecified atom stereocenters. The van der Waals surface area contributed by atoms with Crippen LogP contribution in [0.25, 0.3) is 22.3 Å². The molecule has 3 heterocycles. The largest absolute Gasteiger partial charge is 0.368 e. The number of anilines is 1. The number of benzene rings is 2. The first-order chi connectivity index (χ1) is 16.1. The van der Waals surface area contributed by atoms with Crippen LogP contribution >= 0.6 is 11.6 Å². The van der Waals surface area contributed by atoms with Crippen LogP contribution in [0.1, 0.15) is 6.42 Å². The van der Waals surface area contributed by atoms with Gasteiger partial charge in [0.25, 0.3) is 5.56 Å². The Balaban J connectivity index is 1.23. The van der Waals surface area contributed by atoms with Gasteiger partial charge in [0.15, 0.2) is 0 Å². The average molecular weight is 464 g/mol. The first kappa shape index (κ1) is 21.6. The normalized spacial score (nSPS) is 14.8. The summed E-state index contributed by atoms with van der Waals surface area (Å²) in [7, 11) is 0. The number of hydrogen-bond donors (Lipinski definition) is 2. The van der Waals surface area contributed by atoms with E-state index in [9.17, 15) is 9.59 Å². The van der Waals surface area contributed by atoms with Gasteiger partial charge in [-0.05, 0) is 36.7 Å². The second-order valence-corrected chi connectivity index (χ2v) is 8.77. The van der Waals surface area contributed by atoms with E-state index in [0.29, 0.717) is 17.6 Å². The van der Waals surface area contributed by atoms with Gasteiger partial charge in [-0.2, -0.15) is 0 Å². The number of aromatic amines is 2. The molecule has 0 spiro atoms. The molecule has 0 bridgehead atoms. The summed E-state index contributed by atoms with van der Waals surface area (Å²) in [5, 5.41) is 0.777. The van der Waals surface area contributed by atoms with Gasteiger partial charge in [-0.3, -0.25) is 14.3 Å². The summed E-state index contributed by atoms with van der Waals surface area (Å²) in [6.45, 7) is 4.87. The van der Waals surface area contributed by atoms with E-state index in [1.165, 1.54) is 4.57 Å². The maximum Gasteiger partial charge on any atom is 0.328 e. The van der Waals surface area contributed by atoms with Crippen molar-refractivity contribution >= 4 is 28.3 Å². The van der Waals surface area contributed by atoms with Gasteiger partial charge in [-0.1, -0.05) is 54.1 Å². The molecule has 0 amide bonds. The number of fused-ring (bicyclic) bond motifs is 1. The number of aromatic nitrogens is 3. The highest BCUT2D eigenvalue weighted by Crippen LogP contribution is 2.26. The highest BCUT2D eigenvalue weighted by Gasteiger charge is 2.19. The summed E-state index contributed by atoms with van der Waals surface area (Å²) in [6.07, 6.45) is 0.729. The van der Waals surface area contributed by atoms with Gasteiger partial charge in [0, 0.05) is 38.4 Å². The highest BCUT2D eigenvalue weighted by molar-refractivity contribution is 6.33. The van der Waals surface area contributed by atoms with E-state index in [1.54, 1.807) is 0 Å². The van der Waals surface area contributed by atoms with Gasteiger partial charge in [0.1, 0.15) is 5.52 Å². The maximum atomic E-state index is 13.0. The number of rotatable bonds is 6. The molecule has 0 aliphatic carbocycles. The van der Waals surface area contributed by atoms with Crippen LogP contribution in [0.3, 0.4) is 0 Å². The Hall–Kier alpha value is -3.29. The number of piperazine rings is 1. The fourth-order valence-corrected chi connectivity index (χ4v) is 4.74. The van der Waals surface area contributed by atoms with Crippen molar-refractivity contribution in [2.45, 2.75) is 13.0 Å². The summed E-state index contributed by atoms with van der Waals surface area (Å²) < 4.78 is 1.30. The third-order valence-corrected chi connectivity index (χ3v) is 6.59. The Morgan fingerprint density at radius 1 is 0.848 bits per heavy atom. The van der Waals surface area contributed by atoms with E-state index in [2.05, 4.69) is 25.8 Å². The molecular weight excluding hydrogens is 438 g/mol. The molecule has 0 saturated carbocycles. The minimum absolute atomic E-state index is 0.278. The second-order valence-electron chi connectivity index (χ2n) is 8.36. The maximum absolute atomic E-state index is 13.0. The fraction of sp³-hybridized carbons (Fsp3) is 0.280. The molecule has 1 aliphatic heterocycles. The third kappa shape index (κ3) is 4.47. The van der Waals surface area contributed by atoms with E-state index in [4.69, 9.17) is 11.6 Å². The predicted octanol–water partition coefficient (Wildman–Crippen LogP) is 3.55. The molecule has 0 atom stereocenters. The number of halogens is 1. The summed E-state index contributed by atoms with van der Waals surface area (Å²) in [5.74, 6) is 0. The monoisotopic (exact) mass is 463 g/mol. The molecule has 170 valence electrons. The minimum atomic E-state index is -0.366. The topological polar surface area (TPSA) is 77.1 Å². The summed E-state index contributed by atoms with van der Waals surface area (Å²) >= 11 is 6.33. The van der Waals surface area contributed by atoms with Crippen molar-refractivity contribution in [2.75, 3.05) is 37.6 Å². The zero-order valence-corrected chi connectivity index (χ0v) is 19.0. The van der Waals surface area contributed by atoms with E-state index >= 15 is 0 Å². The summed E-state index contributed by atoms with van der Waals surface area (Å²) in [5.41, 5.74) is 3.18. The van der Waals surface area contributed by atoms with Gasteiger partial charge in [0.2, 0.25) is 0 Å². The van der Waals surface area contributed by atoms with Crippen LogP contribution in [0, 0.1) is 0 Å². The lowest BCUT2D eigenvalue weighted by atomic mass is 10.2. The molecule has 7 nitrogen and oxygen atoms in total. The van der Waals surface area contributed by atoms with Crippen LogP contribution in [0.2, 0.25) is 5.02 Å². The molecule has 1 fully saturated rings. The van der Waals surface area contributed by atoms with Gasteiger partial charge >= 0.3 is 5.69 Å². The summed E-state index contributed by atoms with van der Waals surface area (Å²) in [6, 6.07) is 19.5. The first-order valence-corrected chi connectivity index (χ1v) is 11.6. The first-order valence-electron chi connectivity index (χ1n) is 11.2. The Bertz CT molecular complexity index is 1370. The van der Waals surface area contributed by atoms with Crippen molar-refractivity contribution in [2.24, 2.45) is 0 Å². The molecule has 0 radical (unpaired) electrons. The molecule has 33 heavy (non-hydrogen) atoms. The van der Waals surface area contributed by atoms with E-state index in [0.717, 1.165) is 61.1 Å². The van der Waals surface area contributed by atoms with Gasteiger partial charge in [0.05, 0.1) is 16.2 Å². The smallest absolute Gasteiger partial charge is 0.328 e. The van der Waals surface area contributed by atoms with Crippen molar-refractivity contribution in [3.8, 4) is 11.3 Å². The minimum Gasteiger partial charge on any atom is -0.368 e. The average Bonchev–Trinajstić information content (AvgIpc) is 3.27. The zero-order valence-electron chi connectivity index (χ0n) is 18.3. The predicted molar refractivity (Wildman–Crippen MR) is 133 cm³/mol. The van der Waals surface area contributed by atoms with Gasteiger partial charge in [-0.15, -0.1) is 0 Å². The molecule has 1 aliphatic rings. The molecule has 2 aromatic heterocycles. The Morgan fingerprint density at radius 3 is 2.33 bits per heavy atom. The fourth-order valence-electron chi connectivity index (χ4n) is 4.48. The second kappa shape index (κ2) is 9.29. The van der Waals surface area contributed by atoms with Crippen molar-refractivity contribution in [3.05, 3.63) is 86.5 Å². The van der Waals surface area contributed by atoms with Crippen LogP contribution in [0.5, 0.6) is 0 Å². The Kier molecular flexibility index (Phi) is 6.07. The summed E-state index contributed by atoms with van der Waals surface area (Å²) in [4.78, 5) is 36.3. The quantitative estimate of drug-likeness (QED) is 0.458. The van der Waals surface area contributed by atoms with E-state index in [-0.39, 0.29) is 11.2 Å². The number of hydrogen-bond acceptors (Lipinski definition) is 4. The third-order valence-electron chi connectivity index (χ3n) is 6.27. The lowest BCUT2D eigenvalue weighted by Crippen LogP contribution is -2.47. The van der Waals surface area contributed by atoms with Gasteiger partial charge in [-0.25, -0.2) is 4.79 Å². The van der Waals surface area contributed by atoms with Crippen molar-refractivity contribution in [3.63, 3.8) is 0 Å². The lowest BCUT2D eigenvalue weighted by Gasteiger charge is -2.36. The molecule has 2 N–H and O–H groups in total. The molecular formula is C25H26ClN5O2. The van der Waals surface area contributed by atoms with Crippen LogP contribution in [0.4, 0.5) is 5.69 Å². The zero-order chi connectivity index (χ0) is 22.8. The van der Waals surface area contributed by atoms with E-state index < -0.39 is 0 Å². The number of nitrogens with one attached hydrogen (secondary N) is 2.